The normalized spacial score (nSPS) is 13.6. The molecule has 0 aliphatic heterocycles. The van der Waals surface area contributed by atoms with Gasteiger partial charge >= 0.3 is 18.0 Å². The Labute approximate surface area is 226 Å². The molecule has 0 bridgehead atoms. The Morgan fingerprint density at radius 2 is 1.42 bits per heavy atom. The minimum atomic E-state index is -1.14. The maximum atomic E-state index is 13.1. The number of aryl methyl sites for hydroxylation is 1. The maximum absolute atomic E-state index is 13.1. The van der Waals surface area contributed by atoms with Gasteiger partial charge in [-0.1, -0.05) is 0 Å². The quantitative estimate of drug-likeness (QED) is 0.254. The van der Waals surface area contributed by atoms with Crippen molar-refractivity contribution in [1.29, 1.82) is 0 Å². The van der Waals surface area contributed by atoms with Crippen LogP contribution in [0.1, 0.15) is 97.6 Å². The zero-order valence-electron chi connectivity index (χ0n) is 24.5. The molecule has 0 saturated heterocycles. The number of carbonyl (C=O) groups is 4. The molecule has 10 nitrogen and oxygen atoms in total. The van der Waals surface area contributed by atoms with Crippen molar-refractivity contribution in [2.45, 2.75) is 111 Å². The molecule has 2 unspecified atom stereocenters. The van der Waals surface area contributed by atoms with E-state index in [-0.39, 0.29) is 12.3 Å². The summed E-state index contributed by atoms with van der Waals surface area (Å²) >= 11 is 0. The number of hydrogen-bond acceptors (Lipinski definition) is 8. The van der Waals surface area contributed by atoms with Crippen molar-refractivity contribution in [1.82, 2.24) is 15.6 Å². The molecule has 0 aliphatic carbocycles. The van der Waals surface area contributed by atoms with E-state index in [0.717, 1.165) is 5.69 Å². The van der Waals surface area contributed by atoms with Crippen LogP contribution in [0.4, 0.5) is 4.79 Å². The lowest BCUT2D eigenvalue weighted by Gasteiger charge is -2.29. The van der Waals surface area contributed by atoms with Crippen molar-refractivity contribution in [2.75, 3.05) is 6.54 Å². The highest BCUT2D eigenvalue weighted by Crippen LogP contribution is 2.22. The molecule has 214 valence electrons. The summed E-state index contributed by atoms with van der Waals surface area (Å²) in [5.41, 5.74) is -1.11. The average Bonchev–Trinajstić information content (AvgIpc) is 2.71. The van der Waals surface area contributed by atoms with Crippen LogP contribution < -0.4 is 10.6 Å². The summed E-state index contributed by atoms with van der Waals surface area (Å²) in [6.45, 7) is 17.6. The fourth-order valence-corrected chi connectivity index (χ4v) is 3.38. The zero-order chi connectivity index (χ0) is 29.3. The predicted molar refractivity (Wildman–Crippen MR) is 143 cm³/mol. The highest BCUT2D eigenvalue weighted by molar-refractivity contribution is 5.94. The lowest BCUT2D eigenvalue weighted by Crippen LogP contribution is -2.47. The second kappa shape index (κ2) is 13.6. The molecule has 10 heteroatoms. The molecule has 0 aromatic carbocycles. The van der Waals surface area contributed by atoms with E-state index in [9.17, 15) is 19.2 Å². The molecular formula is C28H45N3O7. The molecule has 1 heterocycles. The van der Waals surface area contributed by atoms with Crippen LogP contribution in [0.25, 0.3) is 0 Å². The summed E-state index contributed by atoms with van der Waals surface area (Å²) in [5, 5.41) is 5.39. The molecule has 2 N–H and O–H groups in total. The number of nitrogens with zero attached hydrogens (tertiary/aromatic N) is 1. The number of hydrogen-bond donors (Lipinski definition) is 2. The van der Waals surface area contributed by atoms with Crippen molar-refractivity contribution in [3.05, 3.63) is 29.6 Å². The summed E-state index contributed by atoms with van der Waals surface area (Å²) in [5.74, 6) is -2.18. The molecule has 1 rings (SSSR count). The first-order chi connectivity index (χ1) is 17.3. The van der Waals surface area contributed by atoms with Gasteiger partial charge in [0.05, 0.1) is 5.92 Å². The summed E-state index contributed by atoms with van der Waals surface area (Å²) in [6.07, 6.45) is 1.46. The van der Waals surface area contributed by atoms with Gasteiger partial charge in [-0.05, 0) is 101 Å². The second-order valence-electron chi connectivity index (χ2n) is 12.3. The smallest absolute Gasteiger partial charge is 0.408 e. The van der Waals surface area contributed by atoms with Gasteiger partial charge in [-0.2, -0.15) is 0 Å². The van der Waals surface area contributed by atoms with Gasteiger partial charge in [0.2, 0.25) is 0 Å². The molecular weight excluding hydrogens is 490 g/mol. The lowest BCUT2D eigenvalue weighted by molar-refractivity contribution is -0.163. The van der Waals surface area contributed by atoms with Gasteiger partial charge in [0.15, 0.2) is 0 Å². The standard InChI is InChI=1S/C28H45N3O7/c1-18-16-19(13-15-29-18)22(32)30-14-11-12-20(23(33)36-26(2,3)4)17-21(24(34)37-27(5,6)7)31-25(35)38-28(8,9)10/h13,15-16,20-21H,11-12,14,17H2,1-10H3,(H,30,32)(H,31,35). The van der Waals surface area contributed by atoms with E-state index in [1.54, 1.807) is 87.6 Å². The summed E-state index contributed by atoms with van der Waals surface area (Å²) < 4.78 is 16.4. The van der Waals surface area contributed by atoms with E-state index >= 15 is 0 Å². The van der Waals surface area contributed by atoms with E-state index in [4.69, 9.17) is 14.2 Å². The number of esters is 2. The van der Waals surface area contributed by atoms with Crippen molar-refractivity contribution < 1.29 is 33.4 Å². The Morgan fingerprint density at radius 3 is 1.95 bits per heavy atom. The SMILES string of the molecule is Cc1cc(C(=O)NCCCC(CC(NC(=O)OC(C)(C)C)C(=O)OC(C)(C)C)C(=O)OC(C)(C)C)ccn1. The van der Waals surface area contributed by atoms with Crippen LogP contribution in [0.2, 0.25) is 0 Å². The number of pyridine rings is 1. The van der Waals surface area contributed by atoms with Gasteiger partial charge in [-0.25, -0.2) is 9.59 Å². The Balaban J connectivity index is 3.01. The van der Waals surface area contributed by atoms with Crippen LogP contribution in [-0.4, -0.2) is 58.3 Å². The highest BCUT2D eigenvalue weighted by Gasteiger charge is 2.34. The van der Waals surface area contributed by atoms with Crippen molar-refractivity contribution >= 4 is 23.9 Å². The Kier molecular flexibility index (Phi) is 11.7. The number of aromatic nitrogens is 1. The number of amides is 2. The van der Waals surface area contributed by atoms with Crippen LogP contribution in [0.15, 0.2) is 18.3 Å². The van der Waals surface area contributed by atoms with Gasteiger partial charge < -0.3 is 24.8 Å². The lowest BCUT2D eigenvalue weighted by atomic mass is 9.94. The van der Waals surface area contributed by atoms with Crippen molar-refractivity contribution in [2.24, 2.45) is 5.92 Å². The third-order valence-corrected chi connectivity index (χ3v) is 4.82. The van der Waals surface area contributed by atoms with Gasteiger partial charge in [0, 0.05) is 24.0 Å². The molecule has 0 fully saturated rings. The predicted octanol–water partition coefficient (Wildman–Crippen LogP) is 4.48. The molecule has 2 atom stereocenters. The van der Waals surface area contributed by atoms with Crippen molar-refractivity contribution in [3.63, 3.8) is 0 Å². The molecule has 2 amide bonds. The molecule has 0 spiro atoms. The minimum absolute atomic E-state index is 0.0550. The molecule has 0 saturated carbocycles. The maximum Gasteiger partial charge on any atom is 0.408 e. The van der Waals surface area contributed by atoms with E-state index in [2.05, 4.69) is 15.6 Å². The zero-order valence-corrected chi connectivity index (χ0v) is 24.5. The van der Waals surface area contributed by atoms with E-state index in [1.165, 1.54) is 0 Å². The third-order valence-electron chi connectivity index (χ3n) is 4.82. The van der Waals surface area contributed by atoms with Crippen LogP contribution in [-0.2, 0) is 23.8 Å². The summed E-state index contributed by atoms with van der Waals surface area (Å²) in [7, 11) is 0. The van der Waals surface area contributed by atoms with Crippen LogP contribution >= 0.6 is 0 Å². The largest absolute Gasteiger partial charge is 0.460 e. The van der Waals surface area contributed by atoms with Crippen LogP contribution in [0.3, 0.4) is 0 Å². The van der Waals surface area contributed by atoms with Crippen molar-refractivity contribution in [3.8, 4) is 0 Å². The number of ether oxygens (including phenoxy) is 3. The Bertz CT molecular complexity index is 972. The monoisotopic (exact) mass is 535 g/mol. The minimum Gasteiger partial charge on any atom is -0.460 e. The second-order valence-corrected chi connectivity index (χ2v) is 12.3. The van der Waals surface area contributed by atoms with Gasteiger partial charge in [0.1, 0.15) is 22.8 Å². The third kappa shape index (κ3) is 13.9. The first kappa shape index (κ1) is 32.9. The van der Waals surface area contributed by atoms with Gasteiger partial charge in [-0.15, -0.1) is 0 Å². The van der Waals surface area contributed by atoms with Gasteiger partial charge in [-0.3, -0.25) is 14.6 Å². The molecule has 0 aliphatic rings. The number of rotatable bonds is 10. The summed E-state index contributed by atoms with van der Waals surface area (Å²) in [4.78, 5) is 55.1. The summed E-state index contributed by atoms with van der Waals surface area (Å²) in [6, 6.07) is 2.17. The van der Waals surface area contributed by atoms with E-state index in [1.807, 2.05) is 0 Å². The fraction of sp³-hybridized carbons (Fsp3) is 0.679. The molecule has 0 radical (unpaired) electrons. The number of alkyl carbamates (subject to hydrolysis) is 1. The highest BCUT2D eigenvalue weighted by atomic mass is 16.6. The molecule has 1 aromatic heterocycles. The van der Waals surface area contributed by atoms with Gasteiger partial charge in [0.25, 0.3) is 5.91 Å². The Morgan fingerprint density at radius 1 is 0.868 bits per heavy atom. The van der Waals surface area contributed by atoms with Crippen LogP contribution in [0, 0.1) is 12.8 Å². The Hall–Kier alpha value is -3.17. The average molecular weight is 536 g/mol. The number of carbonyl (C=O) groups excluding carboxylic acids is 4. The molecule has 38 heavy (non-hydrogen) atoms. The van der Waals surface area contributed by atoms with E-state index in [0.29, 0.717) is 24.9 Å². The number of nitrogens with one attached hydrogen (secondary N) is 2. The van der Waals surface area contributed by atoms with Crippen LogP contribution in [0.5, 0.6) is 0 Å². The fourth-order valence-electron chi connectivity index (χ4n) is 3.38. The topological polar surface area (TPSA) is 133 Å². The molecule has 1 aromatic rings. The van der Waals surface area contributed by atoms with E-state index < -0.39 is 46.8 Å². The first-order valence-corrected chi connectivity index (χ1v) is 12.9. The first-order valence-electron chi connectivity index (χ1n) is 12.9.